The lowest BCUT2D eigenvalue weighted by atomic mass is 9.74. The number of carbonyl (C=O) groups excluding carboxylic acids is 4. The first kappa shape index (κ1) is 39.5. The average molecular weight is 826 g/mol. The second-order valence-corrected chi connectivity index (χ2v) is 15.6. The Morgan fingerprint density at radius 1 is 1.02 bits per heavy atom. The highest BCUT2D eigenvalue weighted by atomic mass is 32.2. The number of amides is 1. The van der Waals surface area contributed by atoms with Crippen molar-refractivity contribution in [1.29, 1.82) is 0 Å². The van der Waals surface area contributed by atoms with Gasteiger partial charge in [-0.3, -0.25) is 14.5 Å². The number of piperazine rings is 1. The molecule has 8 rings (SSSR count). The molecule has 1 amide bonds. The molecule has 5 aliphatic rings. The van der Waals surface area contributed by atoms with Gasteiger partial charge in [0.2, 0.25) is 6.79 Å². The molecule has 0 aliphatic carbocycles. The largest absolute Gasteiger partial charge is 0.493 e. The van der Waals surface area contributed by atoms with Crippen LogP contribution in [0.1, 0.15) is 63.2 Å². The van der Waals surface area contributed by atoms with Gasteiger partial charge in [-0.1, -0.05) is 36.4 Å². The number of aliphatic hydroxyl groups is 1. The minimum Gasteiger partial charge on any atom is -0.493 e. The average Bonchev–Trinajstić information content (AvgIpc) is 3.68. The van der Waals surface area contributed by atoms with Crippen molar-refractivity contribution in [3.8, 4) is 28.7 Å². The number of thioether (sulfide) groups is 1. The van der Waals surface area contributed by atoms with E-state index < -0.39 is 84.0 Å². The van der Waals surface area contributed by atoms with E-state index >= 15 is 0 Å². The predicted octanol–water partition coefficient (Wildman–Crippen LogP) is 4.28. The summed E-state index contributed by atoms with van der Waals surface area (Å²) in [7, 11) is 1.44. The highest BCUT2D eigenvalue weighted by molar-refractivity contribution is 7.99. The van der Waals surface area contributed by atoms with Gasteiger partial charge < -0.3 is 44.2 Å². The molecule has 58 heavy (non-hydrogen) atoms. The van der Waals surface area contributed by atoms with E-state index in [1.807, 2.05) is 36.4 Å². The van der Waals surface area contributed by atoms with Crippen LogP contribution in [0.2, 0.25) is 0 Å². The summed E-state index contributed by atoms with van der Waals surface area (Å²) in [5, 5.41) is 16.7. The lowest BCUT2D eigenvalue weighted by Crippen LogP contribution is -2.69. The zero-order chi connectivity index (χ0) is 41.2. The number of hydrogen-bond donors (Lipinski definition) is 3. The van der Waals surface area contributed by atoms with Crippen molar-refractivity contribution < 1.29 is 65.9 Å². The van der Waals surface area contributed by atoms with Gasteiger partial charge in [0.15, 0.2) is 23.0 Å². The first-order valence-corrected chi connectivity index (χ1v) is 19.4. The number of esters is 3. The van der Waals surface area contributed by atoms with Crippen molar-refractivity contribution in [3.05, 3.63) is 81.4 Å². The maximum Gasteiger partial charge on any atom is 0.471 e. The van der Waals surface area contributed by atoms with Crippen LogP contribution in [-0.2, 0) is 30.3 Å². The Morgan fingerprint density at radius 3 is 2.47 bits per heavy atom. The number of aryl methyl sites for hydroxylation is 1. The molecule has 0 saturated carbocycles. The molecule has 0 spiro atoms. The van der Waals surface area contributed by atoms with Gasteiger partial charge >= 0.3 is 30.0 Å². The summed E-state index contributed by atoms with van der Waals surface area (Å²) in [4.78, 5) is 53.7. The minimum atomic E-state index is -5.29. The first-order chi connectivity index (χ1) is 27.7. The molecule has 2 fully saturated rings. The smallest absolute Gasteiger partial charge is 0.471 e. The first-order valence-electron chi connectivity index (χ1n) is 18.3. The third-order valence-electron chi connectivity index (χ3n) is 10.9. The second-order valence-electron chi connectivity index (χ2n) is 14.5. The number of ether oxygens (including phenoxy) is 6. The van der Waals surface area contributed by atoms with Crippen LogP contribution in [0.3, 0.4) is 0 Å². The third-order valence-corrected chi connectivity index (χ3v) is 12.3. The molecule has 3 aromatic rings. The Hall–Kier alpha value is -5.30. The number of aliphatic hydroxyl groups excluding tert-OH is 1. The van der Waals surface area contributed by atoms with E-state index in [1.165, 1.54) is 20.1 Å². The normalized spacial score (nSPS) is 25.9. The Labute approximate surface area is 333 Å². The van der Waals surface area contributed by atoms with Crippen LogP contribution in [0, 0.1) is 13.8 Å². The standard InChI is InChI=1S/C40H38F3N3O11S/c1-17-12-21-13-22-37(49)46-24-14-53-38(50)23(45-39(51)40(41,42)43)15-58-36(28-27(24)34-33(54-16-55-34)18(2)32(28)56-19(3)47)30(46)29(44-22)26(21)35(31(17)52-4)57-25(48)11-10-20-8-6-5-7-9-20/h5-12,22-24,29-30,36-37,44,49H,13-16H2,1-4H3,(H,45,51)/b11-10+/t22-,23?,24-,29-,30?,36-,37+/m1/s1. The van der Waals surface area contributed by atoms with Crippen molar-refractivity contribution in [2.75, 3.05) is 26.3 Å². The summed E-state index contributed by atoms with van der Waals surface area (Å²) in [5.41, 5.74) is 3.88. The molecule has 7 atom stereocenters. The summed E-state index contributed by atoms with van der Waals surface area (Å²) in [6, 6.07) is 5.95. The van der Waals surface area contributed by atoms with Gasteiger partial charge in [-0.25, -0.2) is 9.59 Å². The lowest BCUT2D eigenvalue weighted by molar-refractivity contribution is -0.176. The molecule has 14 nitrogen and oxygen atoms in total. The van der Waals surface area contributed by atoms with Crippen LogP contribution in [0.4, 0.5) is 13.2 Å². The Morgan fingerprint density at radius 2 is 1.76 bits per heavy atom. The number of nitrogens with one attached hydrogen (secondary N) is 2. The highest BCUT2D eigenvalue weighted by Gasteiger charge is 2.59. The lowest BCUT2D eigenvalue weighted by Gasteiger charge is -2.59. The zero-order valence-electron chi connectivity index (χ0n) is 31.5. The Balaban J connectivity index is 1.32. The summed E-state index contributed by atoms with van der Waals surface area (Å²) in [5.74, 6) is -4.22. The zero-order valence-corrected chi connectivity index (χ0v) is 32.3. The van der Waals surface area contributed by atoms with E-state index in [4.69, 9.17) is 28.4 Å². The fraction of sp³-hybridized carbons (Fsp3) is 0.400. The van der Waals surface area contributed by atoms with E-state index in [2.05, 4.69) is 5.32 Å². The SMILES string of the molecule is COc1c(C)cc2c(c1OC(=O)/C=C/c1ccccc1)[C@H]1N[C@H](C2)[C@H](O)N2C1[C@@H]1SCC(NC(=O)C(F)(F)F)C(=O)OC[C@@H]2c2c3c(c(C)c(OC(C)=O)c21)OCO3. The molecule has 3 aromatic carbocycles. The molecule has 0 aromatic heterocycles. The fourth-order valence-electron chi connectivity index (χ4n) is 8.67. The van der Waals surface area contributed by atoms with Gasteiger partial charge in [0, 0.05) is 47.0 Å². The van der Waals surface area contributed by atoms with Gasteiger partial charge in [-0.15, -0.1) is 11.8 Å². The van der Waals surface area contributed by atoms with Crippen LogP contribution in [0.5, 0.6) is 28.7 Å². The van der Waals surface area contributed by atoms with Crippen molar-refractivity contribution in [1.82, 2.24) is 15.5 Å². The number of rotatable bonds is 6. The van der Waals surface area contributed by atoms with Gasteiger partial charge in [-0.05, 0) is 43.0 Å². The van der Waals surface area contributed by atoms with Gasteiger partial charge in [0.25, 0.3) is 0 Å². The predicted molar refractivity (Wildman–Crippen MR) is 199 cm³/mol. The molecule has 3 N–H and O–H groups in total. The van der Waals surface area contributed by atoms with E-state index in [9.17, 15) is 37.5 Å². The molecule has 4 bridgehead atoms. The molecule has 0 radical (unpaired) electrons. The van der Waals surface area contributed by atoms with Crippen molar-refractivity contribution >= 4 is 41.7 Å². The topological polar surface area (TPSA) is 171 Å². The summed E-state index contributed by atoms with van der Waals surface area (Å²) < 4.78 is 76.0. The number of halogens is 3. The molecular weight excluding hydrogens is 788 g/mol. The van der Waals surface area contributed by atoms with Crippen molar-refractivity contribution in [3.63, 3.8) is 0 Å². The van der Waals surface area contributed by atoms with E-state index in [1.54, 1.807) is 30.1 Å². The van der Waals surface area contributed by atoms with Crippen molar-refractivity contribution in [2.45, 2.75) is 75.1 Å². The molecular formula is C40H38F3N3O11S. The second kappa shape index (κ2) is 15.1. The molecule has 306 valence electrons. The summed E-state index contributed by atoms with van der Waals surface area (Å²) in [6.45, 7) is 3.97. The van der Waals surface area contributed by atoms with Crippen molar-refractivity contribution in [2.24, 2.45) is 0 Å². The number of methoxy groups -OCH3 is 1. The number of fused-ring (bicyclic) bond motifs is 9. The van der Waals surface area contributed by atoms with Crippen LogP contribution >= 0.6 is 11.8 Å². The van der Waals surface area contributed by atoms with Crippen LogP contribution in [0.25, 0.3) is 6.08 Å². The maximum atomic E-state index is 13.6. The molecule has 5 aliphatic heterocycles. The van der Waals surface area contributed by atoms with Gasteiger partial charge in [0.05, 0.1) is 30.5 Å². The maximum absolute atomic E-state index is 13.6. The molecule has 2 saturated heterocycles. The number of alkyl halides is 3. The monoisotopic (exact) mass is 825 g/mol. The number of cyclic esters (lactones) is 1. The summed E-state index contributed by atoms with van der Waals surface area (Å²) >= 11 is 0.992. The van der Waals surface area contributed by atoms with E-state index in [-0.39, 0.29) is 42.0 Å². The van der Waals surface area contributed by atoms with Gasteiger partial charge in [-0.2, -0.15) is 13.2 Å². The fourth-order valence-corrected chi connectivity index (χ4v) is 10.2. The van der Waals surface area contributed by atoms with E-state index in [0.717, 1.165) is 22.9 Å². The van der Waals surface area contributed by atoms with Gasteiger partial charge in [0.1, 0.15) is 24.6 Å². The molecule has 18 heteroatoms. The number of carbonyl (C=O) groups is 4. The molecule has 2 unspecified atom stereocenters. The van der Waals surface area contributed by atoms with Crippen LogP contribution < -0.4 is 34.3 Å². The number of hydrogen-bond acceptors (Lipinski definition) is 14. The quantitative estimate of drug-likeness (QED) is 0.183. The number of nitrogens with zero attached hydrogens (tertiary/aromatic N) is 1. The number of benzene rings is 3. The minimum absolute atomic E-state index is 0.100. The van der Waals surface area contributed by atoms with Crippen LogP contribution in [-0.4, -0.2) is 90.6 Å². The summed E-state index contributed by atoms with van der Waals surface area (Å²) in [6.07, 6.45) is -3.39. The molecule has 5 heterocycles. The Bertz CT molecular complexity index is 2240. The van der Waals surface area contributed by atoms with E-state index in [0.29, 0.717) is 27.8 Å². The Kier molecular flexibility index (Phi) is 10.3. The third kappa shape index (κ3) is 6.80. The van der Waals surface area contributed by atoms with Crippen LogP contribution in [0.15, 0.2) is 42.5 Å². The highest BCUT2D eigenvalue weighted by Crippen LogP contribution is 2.62.